The fourth-order valence-corrected chi connectivity index (χ4v) is 4.30. The van der Waals surface area contributed by atoms with Crippen LogP contribution in [-0.4, -0.2) is 53.2 Å². The molecule has 0 aliphatic carbocycles. The Hall–Kier alpha value is -2.74. The lowest BCUT2D eigenvalue weighted by molar-refractivity contribution is -0.136. The van der Waals surface area contributed by atoms with Gasteiger partial charge in [0.2, 0.25) is 11.8 Å². The molecule has 3 aliphatic rings. The highest BCUT2D eigenvalue weighted by molar-refractivity contribution is 6.07. The number of hydrogen-bond acceptors (Lipinski definition) is 5. The second-order valence-corrected chi connectivity index (χ2v) is 8.03. The number of carbonyl (C=O) groups excluding carboxylic acids is 4. The molecule has 4 rings (SSSR count). The van der Waals surface area contributed by atoms with E-state index >= 15 is 0 Å². The van der Waals surface area contributed by atoms with Gasteiger partial charge in [0.1, 0.15) is 6.04 Å². The first-order valence-corrected chi connectivity index (χ1v) is 9.68. The van der Waals surface area contributed by atoms with Crippen molar-refractivity contribution < 1.29 is 19.2 Å². The average molecular weight is 384 g/mol. The molecule has 0 saturated carbocycles. The minimum atomic E-state index is -0.687. The summed E-state index contributed by atoms with van der Waals surface area (Å²) < 4.78 is 0. The quantitative estimate of drug-likeness (QED) is 0.651. The molecule has 28 heavy (non-hydrogen) atoms. The van der Waals surface area contributed by atoms with Gasteiger partial charge in [0, 0.05) is 30.6 Å². The van der Waals surface area contributed by atoms with E-state index in [1.807, 2.05) is 6.92 Å². The van der Waals surface area contributed by atoms with Crippen LogP contribution in [0.4, 0.5) is 0 Å². The number of amides is 4. The molecule has 3 N–H and O–H groups in total. The van der Waals surface area contributed by atoms with Gasteiger partial charge in [-0.15, -0.1) is 0 Å². The third-order valence-electron chi connectivity index (χ3n) is 5.84. The van der Waals surface area contributed by atoms with Crippen molar-refractivity contribution in [2.45, 2.75) is 50.7 Å². The molecule has 4 amide bonds. The van der Waals surface area contributed by atoms with Crippen LogP contribution in [0.25, 0.3) is 0 Å². The third-order valence-corrected chi connectivity index (χ3v) is 5.84. The molecular weight excluding hydrogens is 360 g/mol. The molecule has 8 heteroatoms. The Kier molecular flexibility index (Phi) is 4.66. The van der Waals surface area contributed by atoms with E-state index in [0.29, 0.717) is 29.7 Å². The van der Waals surface area contributed by atoms with E-state index in [4.69, 9.17) is 0 Å². The minimum absolute atomic E-state index is 0.193. The maximum Gasteiger partial charge on any atom is 0.255 e. The van der Waals surface area contributed by atoms with Crippen LogP contribution < -0.4 is 16.0 Å². The number of fused-ring (bicyclic) bond motifs is 1. The number of imide groups is 1. The van der Waals surface area contributed by atoms with Gasteiger partial charge in [-0.25, -0.2) is 0 Å². The topological polar surface area (TPSA) is 108 Å². The fourth-order valence-electron chi connectivity index (χ4n) is 4.30. The van der Waals surface area contributed by atoms with Crippen LogP contribution in [0.15, 0.2) is 18.2 Å². The molecule has 0 aromatic heterocycles. The molecule has 3 heterocycles. The van der Waals surface area contributed by atoms with Crippen LogP contribution in [-0.2, 0) is 16.1 Å². The molecule has 148 valence electrons. The summed E-state index contributed by atoms with van der Waals surface area (Å²) in [5, 5.41) is 8.70. The summed E-state index contributed by atoms with van der Waals surface area (Å²) in [6.45, 7) is 3.86. The second kappa shape index (κ2) is 7.01. The molecule has 2 fully saturated rings. The normalized spacial score (nSPS) is 27.4. The summed E-state index contributed by atoms with van der Waals surface area (Å²) in [5.74, 6) is -1.25. The van der Waals surface area contributed by atoms with Crippen LogP contribution in [0.1, 0.15) is 58.9 Å². The largest absolute Gasteiger partial charge is 0.346 e. The zero-order valence-electron chi connectivity index (χ0n) is 15.8. The highest BCUT2D eigenvalue weighted by Gasteiger charge is 2.40. The van der Waals surface area contributed by atoms with Gasteiger partial charge >= 0.3 is 0 Å². The molecule has 0 bridgehead atoms. The van der Waals surface area contributed by atoms with Crippen molar-refractivity contribution >= 4 is 23.6 Å². The van der Waals surface area contributed by atoms with Crippen LogP contribution in [0.3, 0.4) is 0 Å². The van der Waals surface area contributed by atoms with Crippen LogP contribution in [0.2, 0.25) is 0 Å². The lowest BCUT2D eigenvalue weighted by Gasteiger charge is -2.35. The molecular formula is C20H24N4O4. The first-order chi connectivity index (χ1) is 13.4. The highest BCUT2D eigenvalue weighted by Crippen LogP contribution is 2.30. The van der Waals surface area contributed by atoms with Gasteiger partial charge in [-0.05, 0) is 50.4 Å². The Labute approximate surface area is 163 Å². The van der Waals surface area contributed by atoms with Crippen LogP contribution >= 0.6 is 0 Å². The summed E-state index contributed by atoms with van der Waals surface area (Å²) in [4.78, 5) is 50.9. The van der Waals surface area contributed by atoms with Gasteiger partial charge in [-0.2, -0.15) is 0 Å². The van der Waals surface area contributed by atoms with E-state index in [2.05, 4.69) is 16.0 Å². The predicted molar refractivity (Wildman–Crippen MR) is 100 cm³/mol. The fraction of sp³-hybridized carbons (Fsp3) is 0.500. The van der Waals surface area contributed by atoms with Crippen molar-refractivity contribution in [3.63, 3.8) is 0 Å². The smallest absolute Gasteiger partial charge is 0.255 e. The SMILES string of the molecule is CC1(NC(=O)c2cccc3c2CN(C2CCC(=O)NC2=O)C3=O)CCCNC1. The monoisotopic (exact) mass is 384 g/mol. The first-order valence-electron chi connectivity index (χ1n) is 9.68. The molecule has 3 aliphatic heterocycles. The molecule has 8 nitrogen and oxygen atoms in total. The van der Waals surface area contributed by atoms with Gasteiger partial charge in [-0.3, -0.25) is 24.5 Å². The van der Waals surface area contributed by atoms with Crippen LogP contribution in [0.5, 0.6) is 0 Å². The summed E-state index contributed by atoms with van der Waals surface area (Å²) in [6.07, 6.45) is 2.39. The number of piperidine rings is 2. The summed E-state index contributed by atoms with van der Waals surface area (Å²) in [7, 11) is 0. The van der Waals surface area contributed by atoms with Crippen molar-refractivity contribution in [3.8, 4) is 0 Å². The predicted octanol–water partition coefficient (Wildman–Crippen LogP) is 0.320. The molecule has 1 aromatic rings. The summed E-state index contributed by atoms with van der Waals surface area (Å²) >= 11 is 0. The van der Waals surface area contributed by atoms with E-state index in [0.717, 1.165) is 19.4 Å². The Bertz CT molecular complexity index is 860. The van der Waals surface area contributed by atoms with Crippen molar-refractivity contribution in [1.29, 1.82) is 0 Å². The van der Waals surface area contributed by atoms with E-state index in [9.17, 15) is 19.2 Å². The van der Waals surface area contributed by atoms with Crippen molar-refractivity contribution in [1.82, 2.24) is 20.9 Å². The van der Waals surface area contributed by atoms with Gasteiger partial charge in [-0.1, -0.05) is 6.07 Å². The standard InChI is InChI=1S/C20H24N4O4/c1-20(8-3-9-21-11-20)23-17(26)12-4-2-5-13-14(12)10-24(19(13)28)15-6-7-16(25)22-18(15)27/h2,4-5,15,21H,3,6-11H2,1H3,(H,23,26)(H,22,25,27). The Morgan fingerprint density at radius 3 is 2.82 bits per heavy atom. The summed E-state index contributed by atoms with van der Waals surface area (Å²) in [6, 6.07) is 4.41. The zero-order valence-corrected chi connectivity index (χ0v) is 15.8. The molecule has 0 radical (unpaired) electrons. The van der Waals surface area contributed by atoms with Gasteiger partial charge in [0.15, 0.2) is 0 Å². The zero-order chi connectivity index (χ0) is 19.9. The lowest BCUT2D eigenvalue weighted by Crippen LogP contribution is -2.55. The Morgan fingerprint density at radius 1 is 1.29 bits per heavy atom. The van der Waals surface area contributed by atoms with Crippen molar-refractivity contribution in [2.24, 2.45) is 0 Å². The van der Waals surface area contributed by atoms with E-state index in [-0.39, 0.29) is 36.2 Å². The number of hydrogen-bond donors (Lipinski definition) is 3. The average Bonchev–Trinajstić information content (AvgIpc) is 2.98. The highest BCUT2D eigenvalue weighted by atomic mass is 16.2. The number of nitrogens with one attached hydrogen (secondary N) is 3. The van der Waals surface area contributed by atoms with Crippen molar-refractivity contribution in [3.05, 3.63) is 34.9 Å². The lowest BCUT2D eigenvalue weighted by atomic mass is 9.91. The van der Waals surface area contributed by atoms with Gasteiger partial charge < -0.3 is 15.5 Å². The van der Waals surface area contributed by atoms with E-state index in [1.165, 1.54) is 4.90 Å². The molecule has 2 saturated heterocycles. The third kappa shape index (κ3) is 3.28. The molecule has 1 aromatic carbocycles. The van der Waals surface area contributed by atoms with E-state index < -0.39 is 11.9 Å². The number of benzene rings is 1. The minimum Gasteiger partial charge on any atom is -0.346 e. The second-order valence-electron chi connectivity index (χ2n) is 8.03. The number of carbonyl (C=O) groups is 4. The Balaban J connectivity index is 1.57. The molecule has 0 spiro atoms. The molecule has 2 unspecified atom stereocenters. The maximum absolute atomic E-state index is 13.0. The van der Waals surface area contributed by atoms with E-state index in [1.54, 1.807) is 18.2 Å². The summed E-state index contributed by atoms with van der Waals surface area (Å²) in [5.41, 5.74) is 1.23. The van der Waals surface area contributed by atoms with Gasteiger partial charge in [0.25, 0.3) is 11.8 Å². The van der Waals surface area contributed by atoms with Gasteiger partial charge in [0.05, 0.1) is 5.54 Å². The maximum atomic E-state index is 13.0. The Morgan fingerprint density at radius 2 is 2.11 bits per heavy atom. The van der Waals surface area contributed by atoms with Crippen molar-refractivity contribution in [2.75, 3.05) is 13.1 Å². The van der Waals surface area contributed by atoms with Crippen LogP contribution in [0, 0.1) is 0 Å². The number of rotatable bonds is 3. The first kappa shape index (κ1) is 18.6. The number of nitrogens with zero attached hydrogens (tertiary/aromatic N) is 1. The molecule has 2 atom stereocenters.